The minimum absolute atomic E-state index is 0.0397. The summed E-state index contributed by atoms with van der Waals surface area (Å²) in [6.45, 7) is 6.02. The fraction of sp³-hybridized carbons (Fsp3) is 0.438. The van der Waals surface area contributed by atoms with Crippen molar-refractivity contribution in [1.29, 1.82) is 0 Å². The molecule has 0 saturated carbocycles. The molecule has 0 fully saturated rings. The van der Waals surface area contributed by atoms with Crippen LogP contribution in [0.15, 0.2) is 30.3 Å². The van der Waals surface area contributed by atoms with Crippen LogP contribution in [0, 0.1) is 5.95 Å². The van der Waals surface area contributed by atoms with Gasteiger partial charge in [0, 0.05) is 17.2 Å². The molecule has 0 unspecified atom stereocenters. The van der Waals surface area contributed by atoms with E-state index in [9.17, 15) is 4.39 Å². The molecule has 2 rings (SSSR count). The number of unbranched alkanes of at least 4 members (excludes halogenated alkanes) is 1. The van der Waals surface area contributed by atoms with E-state index >= 15 is 0 Å². The molecule has 1 aromatic carbocycles. The first-order chi connectivity index (χ1) is 9.15. The van der Waals surface area contributed by atoms with E-state index in [1.165, 1.54) is 4.68 Å². The summed E-state index contributed by atoms with van der Waals surface area (Å²) in [6.07, 6.45) is 2.79. The second kappa shape index (κ2) is 6.00. The third-order valence-electron chi connectivity index (χ3n) is 3.26. The number of benzene rings is 1. The molecule has 1 heterocycles. The highest BCUT2D eigenvalue weighted by Gasteiger charge is 2.19. The Labute approximate surface area is 114 Å². The fourth-order valence-corrected chi connectivity index (χ4v) is 2.19. The van der Waals surface area contributed by atoms with Crippen molar-refractivity contribution < 1.29 is 4.39 Å². The Morgan fingerprint density at radius 1 is 1.21 bits per heavy atom. The van der Waals surface area contributed by atoms with Crippen LogP contribution in [-0.2, 0) is 6.42 Å². The SMILES string of the molecule is CCCCc1c(-c2ccccc2)nn(C(C)C)c1F. The van der Waals surface area contributed by atoms with E-state index in [1.54, 1.807) is 0 Å². The highest BCUT2D eigenvalue weighted by atomic mass is 19.1. The molecule has 0 N–H and O–H groups in total. The van der Waals surface area contributed by atoms with Crippen molar-refractivity contribution in [2.24, 2.45) is 0 Å². The predicted octanol–water partition coefficient (Wildman–Crippen LogP) is 4.61. The van der Waals surface area contributed by atoms with Crippen LogP contribution < -0.4 is 0 Å². The molecular formula is C16H21FN2. The Morgan fingerprint density at radius 3 is 2.47 bits per heavy atom. The summed E-state index contributed by atoms with van der Waals surface area (Å²) in [5.74, 6) is -0.178. The zero-order valence-corrected chi connectivity index (χ0v) is 11.9. The molecule has 2 nitrogen and oxygen atoms in total. The van der Waals surface area contributed by atoms with Gasteiger partial charge in [-0.1, -0.05) is 43.7 Å². The lowest BCUT2D eigenvalue weighted by molar-refractivity contribution is 0.411. The molecule has 1 aromatic heterocycles. The Bertz CT molecular complexity index is 529. The predicted molar refractivity (Wildman–Crippen MR) is 76.6 cm³/mol. The highest BCUT2D eigenvalue weighted by Crippen LogP contribution is 2.27. The quantitative estimate of drug-likeness (QED) is 0.767. The first-order valence-electron chi connectivity index (χ1n) is 6.97. The summed E-state index contributed by atoms with van der Waals surface area (Å²) >= 11 is 0. The van der Waals surface area contributed by atoms with Crippen molar-refractivity contribution in [3.63, 3.8) is 0 Å². The van der Waals surface area contributed by atoms with Crippen LogP contribution in [0.2, 0.25) is 0 Å². The average Bonchev–Trinajstić information content (AvgIpc) is 2.75. The van der Waals surface area contributed by atoms with Gasteiger partial charge in [-0.05, 0) is 26.7 Å². The van der Waals surface area contributed by atoms with E-state index in [1.807, 2.05) is 44.2 Å². The standard InChI is InChI=1S/C16H21FN2/c1-4-5-11-14-15(13-9-7-6-8-10-13)18-19(12(2)3)16(14)17/h6-10,12H,4-5,11H2,1-3H3. The van der Waals surface area contributed by atoms with Crippen molar-refractivity contribution in [3.05, 3.63) is 41.8 Å². The first-order valence-corrected chi connectivity index (χ1v) is 6.97. The van der Waals surface area contributed by atoms with Crippen LogP contribution in [0.3, 0.4) is 0 Å². The Balaban J connectivity index is 2.49. The maximum absolute atomic E-state index is 14.5. The molecule has 0 aliphatic heterocycles. The molecule has 0 saturated heterocycles. The topological polar surface area (TPSA) is 17.8 Å². The lowest BCUT2D eigenvalue weighted by atomic mass is 10.0. The van der Waals surface area contributed by atoms with Crippen molar-refractivity contribution in [2.45, 2.75) is 46.1 Å². The third kappa shape index (κ3) is 2.86. The summed E-state index contributed by atoms with van der Waals surface area (Å²) in [5, 5.41) is 4.47. The van der Waals surface area contributed by atoms with Crippen LogP contribution in [0.25, 0.3) is 11.3 Å². The summed E-state index contributed by atoms with van der Waals surface area (Å²) in [7, 11) is 0. The molecule has 19 heavy (non-hydrogen) atoms. The van der Waals surface area contributed by atoms with Crippen molar-refractivity contribution >= 4 is 0 Å². The van der Waals surface area contributed by atoms with Gasteiger partial charge < -0.3 is 0 Å². The molecular weight excluding hydrogens is 239 g/mol. The number of hydrogen-bond acceptors (Lipinski definition) is 1. The van der Waals surface area contributed by atoms with E-state index in [0.29, 0.717) is 0 Å². The average molecular weight is 260 g/mol. The number of halogens is 1. The monoisotopic (exact) mass is 260 g/mol. The summed E-state index contributed by atoms with van der Waals surface area (Å²) in [6, 6.07) is 9.91. The van der Waals surface area contributed by atoms with Gasteiger partial charge in [-0.25, -0.2) is 4.68 Å². The molecule has 2 aromatic rings. The lowest BCUT2D eigenvalue weighted by Crippen LogP contribution is -2.06. The van der Waals surface area contributed by atoms with Crippen LogP contribution in [-0.4, -0.2) is 9.78 Å². The van der Waals surface area contributed by atoms with Crippen LogP contribution in [0.1, 0.15) is 45.2 Å². The fourth-order valence-electron chi connectivity index (χ4n) is 2.19. The van der Waals surface area contributed by atoms with E-state index in [4.69, 9.17) is 0 Å². The zero-order chi connectivity index (χ0) is 13.8. The minimum atomic E-state index is -0.178. The number of nitrogens with zero attached hydrogens (tertiary/aromatic N) is 2. The maximum Gasteiger partial charge on any atom is 0.215 e. The lowest BCUT2D eigenvalue weighted by Gasteiger charge is -2.05. The van der Waals surface area contributed by atoms with Gasteiger partial charge in [-0.2, -0.15) is 9.49 Å². The summed E-state index contributed by atoms with van der Waals surface area (Å²) in [4.78, 5) is 0. The molecule has 3 heteroatoms. The van der Waals surface area contributed by atoms with Gasteiger partial charge >= 0.3 is 0 Å². The number of rotatable bonds is 5. The first kappa shape index (κ1) is 13.8. The molecule has 0 aliphatic carbocycles. The summed E-state index contributed by atoms with van der Waals surface area (Å²) < 4.78 is 15.9. The largest absolute Gasteiger partial charge is 0.236 e. The van der Waals surface area contributed by atoms with Gasteiger partial charge in [-0.3, -0.25) is 0 Å². The van der Waals surface area contributed by atoms with Crippen LogP contribution >= 0.6 is 0 Å². The molecule has 0 spiro atoms. The minimum Gasteiger partial charge on any atom is -0.236 e. The maximum atomic E-state index is 14.5. The third-order valence-corrected chi connectivity index (χ3v) is 3.26. The Morgan fingerprint density at radius 2 is 1.89 bits per heavy atom. The molecule has 0 atom stereocenters. The number of hydrogen-bond donors (Lipinski definition) is 0. The van der Waals surface area contributed by atoms with Gasteiger partial charge in [0.25, 0.3) is 0 Å². The van der Waals surface area contributed by atoms with Crippen LogP contribution in [0.5, 0.6) is 0 Å². The van der Waals surface area contributed by atoms with Crippen molar-refractivity contribution in [2.75, 3.05) is 0 Å². The van der Waals surface area contributed by atoms with Gasteiger partial charge in [0.15, 0.2) is 0 Å². The molecule has 0 radical (unpaired) electrons. The normalized spacial score (nSPS) is 11.2. The zero-order valence-electron chi connectivity index (χ0n) is 11.9. The van der Waals surface area contributed by atoms with Crippen molar-refractivity contribution in [1.82, 2.24) is 9.78 Å². The van der Waals surface area contributed by atoms with Crippen molar-refractivity contribution in [3.8, 4) is 11.3 Å². The second-order valence-corrected chi connectivity index (χ2v) is 5.13. The van der Waals surface area contributed by atoms with Gasteiger partial charge in [0.05, 0.1) is 5.69 Å². The van der Waals surface area contributed by atoms with E-state index < -0.39 is 0 Å². The number of aromatic nitrogens is 2. The van der Waals surface area contributed by atoms with Gasteiger partial charge in [0.2, 0.25) is 5.95 Å². The van der Waals surface area contributed by atoms with Crippen LogP contribution in [0.4, 0.5) is 4.39 Å². The summed E-state index contributed by atoms with van der Waals surface area (Å²) in [5.41, 5.74) is 2.54. The van der Waals surface area contributed by atoms with Gasteiger partial charge in [0.1, 0.15) is 0 Å². The van der Waals surface area contributed by atoms with E-state index in [0.717, 1.165) is 36.1 Å². The molecule has 0 bridgehead atoms. The second-order valence-electron chi connectivity index (χ2n) is 5.13. The molecule has 0 amide bonds. The van der Waals surface area contributed by atoms with E-state index in [2.05, 4.69) is 12.0 Å². The molecule has 0 aliphatic rings. The van der Waals surface area contributed by atoms with E-state index in [-0.39, 0.29) is 12.0 Å². The van der Waals surface area contributed by atoms with Gasteiger partial charge in [-0.15, -0.1) is 0 Å². The smallest absolute Gasteiger partial charge is 0.215 e. The Hall–Kier alpha value is -1.64. The Kier molecular flexibility index (Phi) is 4.35. The molecule has 102 valence electrons. The highest BCUT2D eigenvalue weighted by molar-refractivity contribution is 5.62.